The van der Waals surface area contributed by atoms with Gasteiger partial charge in [-0.15, -0.1) is 0 Å². The Bertz CT molecular complexity index is 448. The molecule has 92 valence electrons. The van der Waals surface area contributed by atoms with E-state index in [2.05, 4.69) is 5.32 Å². The van der Waals surface area contributed by atoms with Crippen molar-refractivity contribution in [3.63, 3.8) is 0 Å². The number of carbonyl (C=O) groups excluding carboxylic acids is 1. The summed E-state index contributed by atoms with van der Waals surface area (Å²) in [5, 5.41) is 12.3. The first-order valence-corrected chi connectivity index (χ1v) is 5.72. The summed E-state index contributed by atoms with van der Waals surface area (Å²) in [6.45, 7) is 3.64. The molecule has 0 fully saturated rings. The Kier molecular flexibility index (Phi) is 4.07. The van der Waals surface area contributed by atoms with Crippen molar-refractivity contribution in [3.05, 3.63) is 29.8 Å². The van der Waals surface area contributed by atoms with Gasteiger partial charge in [0.2, 0.25) is 0 Å². The lowest BCUT2D eigenvalue weighted by molar-refractivity contribution is 0.0924. The Hall–Kier alpha value is -1.62. The molecule has 0 saturated carbocycles. The molecule has 0 aliphatic carbocycles. The molecule has 0 aromatic heterocycles. The van der Waals surface area contributed by atoms with Gasteiger partial charge >= 0.3 is 0 Å². The largest absolute Gasteiger partial charge is 0.507 e. The molecule has 1 rings (SSSR count). The monoisotopic (exact) mass is 252 g/mol. The number of nitrogens with one attached hydrogen (secondary N) is 1. The number of rotatable bonds is 4. The van der Waals surface area contributed by atoms with Gasteiger partial charge in [0.1, 0.15) is 5.75 Å². The van der Waals surface area contributed by atoms with Crippen molar-refractivity contribution < 1.29 is 9.90 Å². The summed E-state index contributed by atoms with van der Waals surface area (Å²) in [7, 11) is 0. The van der Waals surface area contributed by atoms with Crippen LogP contribution in [0.1, 0.15) is 30.6 Å². The Morgan fingerprint density at radius 1 is 1.53 bits per heavy atom. The highest BCUT2D eigenvalue weighted by Gasteiger charge is 2.28. The van der Waals surface area contributed by atoms with Crippen LogP contribution in [0.3, 0.4) is 0 Å². The first-order chi connectivity index (χ1) is 7.90. The molecule has 5 heteroatoms. The molecule has 4 nitrogen and oxygen atoms in total. The van der Waals surface area contributed by atoms with Gasteiger partial charge in [0.05, 0.1) is 16.1 Å². The standard InChI is InChI=1S/C12H16N2O2S/c1-3-12(2,11(13)17)14-10(16)8-6-4-5-7-9(8)15/h4-7,15H,3H2,1-2H3,(H2,13,17)(H,14,16). The second-order valence-corrected chi connectivity index (χ2v) is 4.46. The number of hydrogen-bond donors (Lipinski definition) is 3. The van der Waals surface area contributed by atoms with Crippen LogP contribution in [0.4, 0.5) is 0 Å². The van der Waals surface area contributed by atoms with Crippen LogP contribution in [-0.2, 0) is 0 Å². The number of carbonyl (C=O) groups is 1. The van der Waals surface area contributed by atoms with Gasteiger partial charge in [-0.25, -0.2) is 0 Å². The molecule has 0 spiro atoms. The van der Waals surface area contributed by atoms with Crippen LogP contribution in [0.5, 0.6) is 5.75 Å². The minimum atomic E-state index is -0.741. The third kappa shape index (κ3) is 2.94. The third-order valence-corrected chi connectivity index (χ3v) is 3.24. The predicted molar refractivity (Wildman–Crippen MR) is 71.1 cm³/mol. The predicted octanol–water partition coefficient (Wildman–Crippen LogP) is 1.58. The normalized spacial score (nSPS) is 13.8. The molecular formula is C12H16N2O2S. The van der Waals surface area contributed by atoms with Gasteiger partial charge in [0.15, 0.2) is 0 Å². The first-order valence-electron chi connectivity index (χ1n) is 5.31. The lowest BCUT2D eigenvalue weighted by Gasteiger charge is -2.28. The maximum atomic E-state index is 12.0. The van der Waals surface area contributed by atoms with Crippen LogP contribution in [0.2, 0.25) is 0 Å². The smallest absolute Gasteiger partial charge is 0.255 e. The fraction of sp³-hybridized carbons (Fsp3) is 0.333. The molecule has 1 unspecified atom stereocenters. The molecule has 0 saturated heterocycles. The van der Waals surface area contributed by atoms with Crippen LogP contribution in [0.25, 0.3) is 0 Å². The quantitative estimate of drug-likeness (QED) is 0.711. The van der Waals surface area contributed by atoms with Crippen LogP contribution in [0.15, 0.2) is 24.3 Å². The number of hydrogen-bond acceptors (Lipinski definition) is 3. The number of thiocarbonyl (C=S) groups is 1. The van der Waals surface area contributed by atoms with Crippen LogP contribution < -0.4 is 11.1 Å². The zero-order valence-electron chi connectivity index (χ0n) is 9.86. The highest BCUT2D eigenvalue weighted by atomic mass is 32.1. The number of phenolic OH excluding ortho intramolecular Hbond substituents is 1. The SMILES string of the molecule is CCC(C)(NC(=O)c1ccccc1O)C(N)=S. The van der Waals surface area contributed by atoms with E-state index >= 15 is 0 Å². The molecule has 17 heavy (non-hydrogen) atoms. The average molecular weight is 252 g/mol. The van der Waals surface area contributed by atoms with E-state index in [1.54, 1.807) is 25.1 Å². The molecule has 0 aliphatic heterocycles. The van der Waals surface area contributed by atoms with Crippen molar-refractivity contribution >= 4 is 23.1 Å². The minimum absolute atomic E-state index is 0.0635. The van der Waals surface area contributed by atoms with Gasteiger partial charge in [-0.05, 0) is 25.5 Å². The zero-order chi connectivity index (χ0) is 13.1. The van der Waals surface area contributed by atoms with E-state index in [9.17, 15) is 9.90 Å². The molecule has 4 N–H and O–H groups in total. The van der Waals surface area contributed by atoms with Gasteiger partial charge in [-0.2, -0.15) is 0 Å². The van der Waals surface area contributed by atoms with E-state index in [0.29, 0.717) is 6.42 Å². The van der Waals surface area contributed by atoms with E-state index < -0.39 is 5.54 Å². The van der Waals surface area contributed by atoms with Gasteiger partial charge in [-0.1, -0.05) is 31.3 Å². The van der Waals surface area contributed by atoms with E-state index in [1.165, 1.54) is 6.07 Å². The number of benzene rings is 1. The Balaban J connectivity index is 2.93. The fourth-order valence-corrected chi connectivity index (χ4v) is 1.50. The molecule has 0 aliphatic rings. The zero-order valence-corrected chi connectivity index (χ0v) is 10.7. The minimum Gasteiger partial charge on any atom is -0.507 e. The van der Waals surface area contributed by atoms with Crippen molar-refractivity contribution in [1.82, 2.24) is 5.32 Å². The Morgan fingerprint density at radius 3 is 2.59 bits per heavy atom. The summed E-state index contributed by atoms with van der Waals surface area (Å²) in [5.74, 6) is -0.452. The third-order valence-electron chi connectivity index (χ3n) is 2.79. The molecule has 0 heterocycles. The fourth-order valence-electron chi connectivity index (χ4n) is 1.31. The summed E-state index contributed by atoms with van der Waals surface area (Å²) in [6, 6.07) is 6.33. The summed E-state index contributed by atoms with van der Waals surface area (Å²) >= 11 is 4.93. The molecule has 0 radical (unpaired) electrons. The summed E-state index contributed by atoms with van der Waals surface area (Å²) in [6.07, 6.45) is 0.585. The first kappa shape index (κ1) is 13.4. The Morgan fingerprint density at radius 2 is 2.12 bits per heavy atom. The maximum Gasteiger partial charge on any atom is 0.255 e. The Labute approximate surface area is 106 Å². The van der Waals surface area contributed by atoms with Crippen molar-refractivity contribution in [3.8, 4) is 5.75 Å². The number of para-hydroxylation sites is 1. The summed E-state index contributed by atoms with van der Waals surface area (Å²) in [5.41, 5.74) is 5.07. The lowest BCUT2D eigenvalue weighted by Crippen LogP contribution is -2.54. The van der Waals surface area contributed by atoms with Gasteiger partial charge in [0.25, 0.3) is 5.91 Å². The lowest BCUT2D eigenvalue weighted by atomic mass is 9.98. The maximum absolute atomic E-state index is 12.0. The van der Waals surface area contributed by atoms with Crippen molar-refractivity contribution in [2.24, 2.45) is 5.73 Å². The molecule has 0 bridgehead atoms. The molecular weight excluding hydrogens is 236 g/mol. The average Bonchev–Trinajstić information content (AvgIpc) is 2.29. The van der Waals surface area contributed by atoms with Gasteiger partial charge in [-0.3, -0.25) is 4.79 Å². The van der Waals surface area contributed by atoms with Gasteiger partial charge < -0.3 is 16.2 Å². The summed E-state index contributed by atoms with van der Waals surface area (Å²) < 4.78 is 0. The second kappa shape index (κ2) is 5.14. The van der Waals surface area contributed by atoms with E-state index in [1.807, 2.05) is 6.92 Å². The van der Waals surface area contributed by atoms with Crippen molar-refractivity contribution in [2.75, 3.05) is 0 Å². The topological polar surface area (TPSA) is 75.3 Å². The van der Waals surface area contributed by atoms with E-state index in [-0.39, 0.29) is 22.2 Å². The number of phenols is 1. The molecule has 1 aromatic rings. The second-order valence-electron chi connectivity index (χ2n) is 4.02. The highest BCUT2D eigenvalue weighted by Crippen LogP contribution is 2.17. The van der Waals surface area contributed by atoms with Crippen molar-refractivity contribution in [2.45, 2.75) is 25.8 Å². The van der Waals surface area contributed by atoms with E-state index in [0.717, 1.165) is 0 Å². The van der Waals surface area contributed by atoms with Crippen molar-refractivity contribution in [1.29, 1.82) is 0 Å². The summed E-state index contributed by atoms with van der Waals surface area (Å²) in [4.78, 5) is 12.2. The number of nitrogens with two attached hydrogens (primary N) is 1. The van der Waals surface area contributed by atoms with E-state index in [4.69, 9.17) is 18.0 Å². The number of aromatic hydroxyl groups is 1. The highest BCUT2D eigenvalue weighted by molar-refractivity contribution is 7.80. The van der Waals surface area contributed by atoms with Crippen LogP contribution >= 0.6 is 12.2 Å². The number of amides is 1. The van der Waals surface area contributed by atoms with Gasteiger partial charge in [0, 0.05) is 0 Å². The molecule has 1 amide bonds. The molecule has 1 aromatic carbocycles. The van der Waals surface area contributed by atoms with Crippen LogP contribution in [-0.4, -0.2) is 21.5 Å². The molecule has 1 atom stereocenters. The van der Waals surface area contributed by atoms with Crippen LogP contribution in [0, 0.1) is 0 Å².